The largest absolute Gasteiger partial charge is 0.357 e. The van der Waals surface area contributed by atoms with E-state index in [2.05, 4.69) is 54.3 Å². The lowest BCUT2D eigenvalue weighted by Crippen LogP contribution is -1.99. The Kier molecular flexibility index (Phi) is 7.43. The molecule has 1 saturated heterocycles. The van der Waals surface area contributed by atoms with Crippen LogP contribution >= 0.6 is 11.6 Å². The maximum absolute atomic E-state index is 6.07. The molecule has 26 heavy (non-hydrogen) atoms. The van der Waals surface area contributed by atoms with E-state index in [1.807, 2.05) is 12.1 Å². The van der Waals surface area contributed by atoms with Crippen molar-refractivity contribution in [1.82, 2.24) is 0 Å². The lowest BCUT2D eigenvalue weighted by atomic mass is 10.0. The third kappa shape index (κ3) is 5.27. The molecule has 1 aliphatic rings. The van der Waals surface area contributed by atoms with Gasteiger partial charge in [0.25, 0.3) is 0 Å². The molecule has 0 aliphatic carbocycles. The Bertz CT molecular complexity index is 637. The van der Waals surface area contributed by atoms with Crippen LogP contribution in [0.5, 0.6) is 0 Å². The van der Waals surface area contributed by atoms with Crippen molar-refractivity contribution < 1.29 is 0 Å². The van der Waals surface area contributed by atoms with Crippen LogP contribution in [0.3, 0.4) is 0 Å². The molecule has 0 radical (unpaired) electrons. The van der Waals surface area contributed by atoms with Crippen LogP contribution in [0.25, 0.3) is 0 Å². The zero-order valence-corrected chi connectivity index (χ0v) is 16.8. The molecule has 1 aliphatic heterocycles. The highest BCUT2D eigenvalue weighted by Crippen LogP contribution is 2.49. The lowest BCUT2D eigenvalue weighted by Gasteiger charge is -2.07. The minimum Gasteiger partial charge on any atom is -0.357 e. The summed E-state index contributed by atoms with van der Waals surface area (Å²) in [6.45, 7) is 2.28. The summed E-state index contributed by atoms with van der Waals surface area (Å²) in [5.74, 6) is 0. The van der Waals surface area contributed by atoms with E-state index in [-0.39, 0.29) is 0 Å². The summed E-state index contributed by atoms with van der Waals surface area (Å²) in [4.78, 5) is 2.56. The first-order valence-corrected chi connectivity index (χ1v) is 10.8. The van der Waals surface area contributed by atoms with E-state index in [0.29, 0.717) is 12.1 Å². The quantitative estimate of drug-likeness (QED) is 0.288. The molecular formula is C24H32ClN. The third-order valence-electron chi connectivity index (χ3n) is 5.55. The molecule has 0 N–H and O–H groups in total. The minimum atomic E-state index is 0.530. The maximum atomic E-state index is 6.07. The molecule has 0 spiro atoms. The second kappa shape index (κ2) is 10.0. The van der Waals surface area contributed by atoms with Crippen molar-refractivity contribution in [1.29, 1.82) is 0 Å². The number of hydrogen-bond acceptors (Lipinski definition) is 1. The molecule has 2 heteroatoms. The zero-order chi connectivity index (χ0) is 18.2. The monoisotopic (exact) mass is 369 g/mol. The fourth-order valence-corrected chi connectivity index (χ4v) is 4.19. The third-order valence-corrected chi connectivity index (χ3v) is 5.80. The molecular weight excluding hydrogens is 338 g/mol. The van der Waals surface area contributed by atoms with Gasteiger partial charge in [-0.3, -0.25) is 0 Å². The van der Waals surface area contributed by atoms with Crippen LogP contribution in [0.2, 0.25) is 5.02 Å². The Morgan fingerprint density at radius 1 is 0.769 bits per heavy atom. The van der Waals surface area contributed by atoms with Gasteiger partial charge >= 0.3 is 0 Å². The van der Waals surface area contributed by atoms with Crippen molar-refractivity contribution >= 4 is 17.3 Å². The summed E-state index contributed by atoms with van der Waals surface area (Å²) in [6.07, 6.45) is 12.4. The lowest BCUT2D eigenvalue weighted by molar-refractivity contribution is 0.562. The van der Waals surface area contributed by atoms with Gasteiger partial charge in [-0.1, -0.05) is 100 Å². The van der Waals surface area contributed by atoms with Crippen LogP contribution in [0.4, 0.5) is 5.69 Å². The van der Waals surface area contributed by atoms with Gasteiger partial charge in [-0.2, -0.15) is 0 Å². The molecule has 1 fully saturated rings. The Balaban J connectivity index is 1.50. The van der Waals surface area contributed by atoms with Crippen molar-refractivity contribution in [3.8, 4) is 0 Å². The fourth-order valence-electron chi connectivity index (χ4n) is 4.06. The number of anilines is 1. The van der Waals surface area contributed by atoms with Crippen LogP contribution in [0.15, 0.2) is 54.6 Å². The highest BCUT2D eigenvalue weighted by atomic mass is 35.5. The van der Waals surface area contributed by atoms with E-state index < -0.39 is 0 Å². The van der Waals surface area contributed by atoms with Gasteiger partial charge in [-0.15, -0.1) is 0 Å². The van der Waals surface area contributed by atoms with Crippen molar-refractivity contribution in [2.24, 2.45) is 0 Å². The minimum absolute atomic E-state index is 0.530. The Morgan fingerprint density at radius 3 is 2.04 bits per heavy atom. The van der Waals surface area contributed by atoms with Crippen molar-refractivity contribution in [2.75, 3.05) is 4.90 Å². The standard InChI is InChI=1S/C24H32ClN/c1-2-3-4-5-6-7-8-12-15-23-24(20-13-10-9-11-14-20)26(23)22-18-16-21(25)17-19-22/h9-11,13-14,16-19,23-24H,2-8,12,15H2,1H3/t23-,24+,26?/m0/s1. The molecule has 2 atom stereocenters. The molecule has 3 rings (SSSR count). The van der Waals surface area contributed by atoms with E-state index in [0.717, 1.165) is 5.02 Å². The van der Waals surface area contributed by atoms with Crippen LogP contribution in [-0.4, -0.2) is 6.04 Å². The van der Waals surface area contributed by atoms with E-state index in [4.69, 9.17) is 11.6 Å². The second-order valence-corrected chi connectivity index (χ2v) is 8.01. The average Bonchev–Trinajstić information content (AvgIpc) is 3.39. The predicted molar refractivity (Wildman–Crippen MR) is 114 cm³/mol. The summed E-state index contributed by atoms with van der Waals surface area (Å²) in [7, 11) is 0. The van der Waals surface area contributed by atoms with Gasteiger partial charge in [0.05, 0.1) is 12.1 Å². The smallest absolute Gasteiger partial charge is 0.0750 e. The average molecular weight is 370 g/mol. The van der Waals surface area contributed by atoms with E-state index in [1.165, 1.54) is 69.0 Å². The molecule has 0 unspecified atom stereocenters. The first-order chi connectivity index (χ1) is 12.8. The first-order valence-electron chi connectivity index (χ1n) is 10.4. The molecule has 0 bridgehead atoms. The van der Waals surface area contributed by atoms with Gasteiger partial charge < -0.3 is 4.90 Å². The number of rotatable bonds is 11. The van der Waals surface area contributed by atoms with E-state index in [9.17, 15) is 0 Å². The van der Waals surface area contributed by atoms with Crippen LogP contribution in [0.1, 0.15) is 76.3 Å². The Hall–Kier alpha value is -1.47. The maximum Gasteiger partial charge on any atom is 0.0750 e. The number of benzene rings is 2. The first kappa shape index (κ1) is 19.3. The molecule has 1 nitrogen and oxygen atoms in total. The summed E-state index contributed by atoms with van der Waals surface area (Å²) in [5.41, 5.74) is 2.74. The van der Waals surface area contributed by atoms with Gasteiger partial charge in [-0.25, -0.2) is 0 Å². The van der Waals surface area contributed by atoms with E-state index >= 15 is 0 Å². The number of nitrogens with zero attached hydrogens (tertiary/aromatic N) is 1. The Labute approximate surface area is 164 Å². The molecule has 140 valence electrons. The fraction of sp³-hybridized carbons (Fsp3) is 0.500. The second-order valence-electron chi connectivity index (χ2n) is 7.57. The molecule has 0 aromatic heterocycles. The normalized spacial score (nSPS) is 18.9. The molecule has 0 amide bonds. The highest BCUT2D eigenvalue weighted by Gasteiger charge is 2.47. The van der Waals surface area contributed by atoms with Gasteiger partial charge in [0.15, 0.2) is 0 Å². The van der Waals surface area contributed by atoms with Crippen LogP contribution in [0, 0.1) is 0 Å². The summed E-state index contributed by atoms with van der Waals surface area (Å²) >= 11 is 6.07. The van der Waals surface area contributed by atoms with E-state index in [1.54, 1.807) is 0 Å². The van der Waals surface area contributed by atoms with Crippen molar-refractivity contribution in [2.45, 2.75) is 76.8 Å². The molecule has 1 heterocycles. The molecule has 2 aromatic rings. The highest BCUT2D eigenvalue weighted by molar-refractivity contribution is 6.30. The van der Waals surface area contributed by atoms with Crippen molar-refractivity contribution in [3.05, 3.63) is 65.2 Å². The summed E-state index contributed by atoms with van der Waals surface area (Å²) in [6, 6.07) is 20.4. The van der Waals surface area contributed by atoms with Crippen molar-refractivity contribution in [3.63, 3.8) is 0 Å². The topological polar surface area (TPSA) is 3.01 Å². The van der Waals surface area contributed by atoms with Crippen LogP contribution in [-0.2, 0) is 0 Å². The van der Waals surface area contributed by atoms with Gasteiger partial charge in [0.2, 0.25) is 0 Å². The SMILES string of the molecule is CCCCCCCCCC[C@H]1[C@@H](c2ccccc2)N1c1ccc(Cl)cc1. The predicted octanol–water partition coefficient (Wildman–Crippen LogP) is 7.80. The number of hydrogen-bond donors (Lipinski definition) is 0. The molecule has 2 aromatic carbocycles. The Morgan fingerprint density at radius 2 is 1.38 bits per heavy atom. The van der Waals surface area contributed by atoms with Gasteiger partial charge in [0.1, 0.15) is 0 Å². The zero-order valence-electron chi connectivity index (χ0n) is 16.0. The van der Waals surface area contributed by atoms with Gasteiger partial charge in [-0.05, 0) is 36.2 Å². The van der Waals surface area contributed by atoms with Gasteiger partial charge in [0, 0.05) is 10.7 Å². The molecule has 0 saturated carbocycles. The van der Waals surface area contributed by atoms with Crippen LogP contribution < -0.4 is 4.90 Å². The summed E-state index contributed by atoms with van der Waals surface area (Å²) in [5, 5.41) is 0.812. The summed E-state index contributed by atoms with van der Waals surface area (Å²) < 4.78 is 0. The number of halogens is 1. The number of unbranched alkanes of at least 4 members (excludes halogenated alkanes) is 7.